The highest BCUT2D eigenvalue weighted by Crippen LogP contribution is 2.54. The third kappa shape index (κ3) is 5.83. The van der Waals surface area contributed by atoms with E-state index >= 15 is 0 Å². The number of thiazole rings is 1. The first-order valence-electron chi connectivity index (χ1n) is 13.9. The Bertz CT molecular complexity index is 1850. The number of thioether (sulfide) groups is 1. The number of fused-ring (bicyclic) bond motifs is 2. The zero-order valence-electron chi connectivity index (χ0n) is 24.0. The summed E-state index contributed by atoms with van der Waals surface area (Å²) in [6, 6.07) is 20.4. The van der Waals surface area contributed by atoms with E-state index in [1.54, 1.807) is 50.4 Å². The zero-order valence-corrected chi connectivity index (χ0v) is 27.2. The summed E-state index contributed by atoms with van der Waals surface area (Å²) in [6.45, 7) is 1.66. The van der Waals surface area contributed by atoms with Crippen LogP contribution in [0.4, 0.5) is 11.4 Å². The predicted octanol–water partition coefficient (Wildman–Crippen LogP) is 5.29. The maximum atomic E-state index is 14.1. The van der Waals surface area contributed by atoms with Crippen molar-refractivity contribution >= 4 is 74.1 Å². The quantitative estimate of drug-likeness (QED) is 0.194. The fraction of sp³-hybridized carbons (Fsp3) is 0.219. The molecule has 0 saturated carbocycles. The van der Waals surface area contributed by atoms with Gasteiger partial charge in [-0.15, -0.1) is 0 Å². The number of carbonyl (C=O) groups is 4. The molecule has 3 aromatic carbocycles. The van der Waals surface area contributed by atoms with Gasteiger partial charge in [0.05, 0.1) is 35.9 Å². The van der Waals surface area contributed by atoms with E-state index in [2.05, 4.69) is 21.2 Å². The van der Waals surface area contributed by atoms with Crippen LogP contribution >= 0.6 is 39.0 Å². The number of hydrogen-bond donors (Lipinski definition) is 1. The van der Waals surface area contributed by atoms with Crippen molar-refractivity contribution in [2.75, 3.05) is 23.9 Å². The molecule has 3 heterocycles. The van der Waals surface area contributed by atoms with Crippen LogP contribution in [0.5, 0.6) is 5.75 Å². The zero-order chi connectivity index (χ0) is 31.8. The van der Waals surface area contributed by atoms with Gasteiger partial charge >= 0.3 is 10.8 Å². The first-order chi connectivity index (χ1) is 21.7. The fourth-order valence-electron chi connectivity index (χ4n) is 5.52. The summed E-state index contributed by atoms with van der Waals surface area (Å²) in [6.07, 6.45) is 0. The number of anilines is 2. The number of hydrogen-bond acceptors (Lipinski definition) is 9. The summed E-state index contributed by atoms with van der Waals surface area (Å²) in [5.41, 5.74) is 1.95. The van der Waals surface area contributed by atoms with Crippen molar-refractivity contribution in [2.24, 2.45) is 5.92 Å². The Balaban J connectivity index is 1.35. The minimum atomic E-state index is -0.840. The lowest BCUT2D eigenvalue weighted by molar-refractivity contribution is -0.122. The summed E-state index contributed by atoms with van der Waals surface area (Å²) < 4.78 is 12.4. The van der Waals surface area contributed by atoms with Crippen molar-refractivity contribution in [1.29, 1.82) is 0 Å². The van der Waals surface area contributed by atoms with Gasteiger partial charge in [-0.3, -0.25) is 23.7 Å². The number of methoxy groups -OCH3 is 1. The molecule has 13 heteroatoms. The number of rotatable bonds is 8. The third-order valence-corrected chi connectivity index (χ3v) is 10.7. The van der Waals surface area contributed by atoms with Gasteiger partial charge in [0.1, 0.15) is 17.5 Å². The fourth-order valence-corrected chi connectivity index (χ4v) is 8.56. The molecule has 3 amide bonds. The van der Waals surface area contributed by atoms with E-state index in [1.165, 1.54) is 16.7 Å². The molecular weight excluding hydrogens is 682 g/mol. The van der Waals surface area contributed by atoms with Crippen LogP contribution in [0.15, 0.2) is 87.1 Å². The van der Waals surface area contributed by atoms with Gasteiger partial charge in [-0.05, 0) is 73.2 Å². The Morgan fingerprint density at radius 3 is 2.27 bits per heavy atom. The summed E-state index contributed by atoms with van der Waals surface area (Å²) in [5.74, 6) is -2.49. The van der Waals surface area contributed by atoms with Crippen molar-refractivity contribution in [3.05, 3.63) is 103 Å². The number of halogens is 1. The number of nitrogens with zero attached hydrogens (tertiary/aromatic N) is 2. The summed E-state index contributed by atoms with van der Waals surface area (Å²) in [4.78, 5) is 68.1. The molecule has 1 saturated heterocycles. The normalized spacial score (nSPS) is 18.7. The second-order valence-electron chi connectivity index (χ2n) is 10.3. The van der Waals surface area contributed by atoms with Gasteiger partial charge in [-0.25, -0.2) is 9.69 Å². The molecule has 4 aromatic rings. The number of aromatic nitrogens is 1. The lowest BCUT2D eigenvalue weighted by Gasteiger charge is -2.30. The highest BCUT2D eigenvalue weighted by Gasteiger charge is 2.56. The molecule has 2 aliphatic rings. The standard InChI is InChI=1S/C32H26BrN3O7S2/c1-3-43-31(40)18-6-12-21(13-7-18)36-28(38)25-24(17-4-8-19(33)9-5-17)27-30(44-26(25)29(36)39)35(32(41)45-27)16-23(37)34-20-10-14-22(42-2)15-11-20/h4-15,24-26H,3,16H2,1-2H3,(H,34,37). The van der Waals surface area contributed by atoms with E-state index in [0.29, 0.717) is 32.6 Å². The average Bonchev–Trinajstić information content (AvgIpc) is 3.48. The Hall–Kier alpha value is -4.20. The Kier molecular flexibility index (Phi) is 8.67. The largest absolute Gasteiger partial charge is 0.497 e. The van der Waals surface area contributed by atoms with Gasteiger partial charge in [0.25, 0.3) is 0 Å². The van der Waals surface area contributed by atoms with Gasteiger partial charge in [-0.1, -0.05) is 51.2 Å². The van der Waals surface area contributed by atoms with Crippen LogP contribution in [-0.4, -0.2) is 47.2 Å². The van der Waals surface area contributed by atoms with E-state index in [-0.39, 0.29) is 18.0 Å². The lowest BCUT2D eigenvalue weighted by Crippen LogP contribution is -2.33. The number of ether oxygens (including phenoxy) is 2. The van der Waals surface area contributed by atoms with E-state index in [1.807, 2.05) is 24.3 Å². The average molecular weight is 709 g/mol. The third-order valence-electron chi connectivity index (χ3n) is 7.59. The molecule has 3 unspecified atom stereocenters. The van der Waals surface area contributed by atoms with Gasteiger partial charge in [0.15, 0.2) is 0 Å². The molecular formula is C32H26BrN3O7S2. The van der Waals surface area contributed by atoms with Crippen LogP contribution in [0, 0.1) is 5.92 Å². The molecule has 6 rings (SSSR count). The monoisotopic (exact) mass is 707 g/mol. The molecule has 0 spiro atoms. The van der Waals surface area contributed by atoms with Crippen LogP contribution in [-0.2, 0) is 25.7 Å². The maximum absolute atomic E-state index is 14.1. The summed E-state index contributed by atoms with van der Waals surface area (Å²) in [5, 5.41) is 2.45. The number of benzene rings is 3. The number of esters is 1. The topological polar surface area (TPSA) is 124 Å². The summed E-state index contributed by atoms with van der Waals surface area (Å²) >= 11 is 5.57. The van der Waals surface area contributed by atoms with Crippen LogP contribution in [0.2, 0.25) is 0 Å². The maximum Gasteiger partial charge on any atom is 0.338 e. The van der Waals surface area contributed by atoms with Crippen molar-refractivity contribution in [3.8, 4) is 5.75 Å². The first kappa shape index (κ1) is 30.8. The molecule has 1 N–H and O–H groups in total. The van der Waals surface area contributed by atoms with Gasteiger partial charge in [0.2, 0.25) is 17.7 Å². The van der Waals surface area contributed by atoms with Crippen molar-refractivity contribution in [3.63, 3.8) is 0 Å². The van der Waals surface area contributed by atoms with Crippen LogP contribution < -0.4 is 19.8 Å². The Morgan fingerprint density at radius 1 is 0.933 bits per heavy atom. The highest BCUT2D eigenvalue weighted by atomic mass is 79.9. The highest BCUT2D eigenvalue weighted by molar-refractivity contribution is 9.10. The Labute approximate surface area is 274 Å². The van der Waals surface area contributed by atoms with E-state index in [9.17, 15) is 24.0 Å². The van der Waals surface area contributed by atoms with Crippen LogP contribution in [0.1, 0.15) is 33.6 Å². The SMILES string of the molecule is CCOC(=O)c1ccc(N2C(=O)C3Sc4c(sc(=O)n4CC(=O)Nc4ccc(OC)cc4)C(c4ccc(Br)cc4)C3C2=O)cc1. The number of nitrogens with one attached hydrogen (secondary N) is 1. The van der Waals surface area contributed by atoms with Crippen LogP contribution in [0.25, 0.3) is 0 Å². The minimum absolute atomic E-state index is 0.222. The minimum Gasteiger partial charge on any atom is -0.497 e. The number of amides is 3. The predicted molar refractivity (Wildman–Crippen MR) is 174 cm³/mol. The smallest absolute Gasteiger partial charge is 0.338 e. The summed E-state index contributed by atoms with van der Waals surface area (Å²) in [7, 11) is 1.55. The van der Waals surface area contributed by atoms with E-state index in [0.717, 1.165) is 38.0 Å². The molecule has 10 nitrogen and oxygen atoms in total. The molecule has 0 aliphatic carbocycles. The lowest BCUT2D eigenvalue weighted by atomic mass is 9.83. The second kappa shape index (κ2) is 12.7. The van der Waals surface area contributed by atoms with E-state index in [4.69, 9.17) is 9.47 Å². The van der Waals surface area contributed by atoms with Crippen molar-refractivity contribution in [2.45, 2.75) is 29.7 Å². The molecule has 2 aliphatic heterocycles. The molecule has 230 valence electrons. The van der Waals surface area contributed by atoms with Crippen molar-refractivity contribution < 1.29 is 28.7 Å². The molecule has 0 bridgehead atoms. The van der Waals surface area contributed by atoms with Crippen LogP contribution in [0.3, 0.4) is 0 Å². The molecule has 1 fully saturated rings. The Morgan fingerprint density at radius 2 is 1.62 bits per heavy atom. The van der Waals surface area contributed by atoms with E-state index < -0.39 is 40.8 Å². The number of imide groups is 1. The molecule has 0 radical (unpaired) electrons. The molecule has 45 heavy (non-hydrogen) atoms. The van der Waals surface area contributed by atoms with Crippen molar-refractivity contribution in [1.82, 2.24) is 4.57 Å². The first-order valence-corrected chi connectivity index (χ1v) is 16.4. The second-order valence-corrected chi connectivity index (χ2v) is 13.3. The van der Waals surface area contributed by atoms with Gasteiger partial charge in [0, 0.05) is 21.0 Å². The van der Waals surface area contributed by atoms with Gasteiger partial charge in [-0.2, -0.15) is 0 Å². The van der Waals surface area contributed by atoms with Gasteiger partial charge < -0.3 is 14.8 Å². The molecule has 3 atom stereocenters. The number of carbonyl (C=O) groups excluding carboxylic acids is 4. The molecule has 1 aromatic heterocycles.